The molecule has 0 unspecified atom stereocenters. The lowest BCUT2D eigenvalue weighted by Crippen LogP contribution is -2.42. The van der Waals surface area contributed by atoms with Gasteiger partial charge in [-0.15, -0.1) is 24.0 Å². The van der Waals surface area contributed by atoms with E-state index in [9.17, 15) is 4.79 Å². The van der Waals surface area contributed by atoms with Crippen molar-refractivity contribution in [3.05, 3.63) is 57.8 Å². The topological polar surface area (TPSA) is 61.7 Å². The lowest BCUT2D eigenvalue weighted by Gasteiger charge is -2.22. The molecule has 0 spiro atoms. The number of aromatic nitrogens is 1. The highest BCUT2D eigenvalue weighted by atomic mass is 127. The molecule has 0 radical (unpaired) electrons. The first-order chi connectivity index (χ1) is 12.4. The molecule has 1 amide bonds. The van der Waals surface area contributed by atoms with Crippen molar-refractivity contribution in [2.24, 2.45) is 12.0 Å². The number of aliphatic imine (C=N–C) groups is 1. The molecule has 0 atom stereocenters. The van der Waals surface area contributed by atoms with Crippen LogP contribution in [0.1, 0.15) is 16.1 Å². The van der Waals surface area contributed by atoms with Gasteiger partial charge in [0.1, 0.15) is 0 Å². The maximum Gasteiger partial charge on any atom is 0.251 e. The van der Waals surface area contributed by atoms with Crippen LogP contribution in [-0.2, 0) is 13.6 Å². The molecule has 0 saturated carbocycles. The van der Waals surface area contributed by atoms with Crippen LogP contribution in [0.2, 0.25) is 10.0 Å². The van der Waals surface area contributed by atoms with E-state index in [4.69, 9.17) is 23.2 Å². The Hall–Kier alpha value is -1.45. The van der Waals surface area contributed by atoms with E-state index in [0.717, 1.165) is 11.7 Å². The first kappa shape index (κ1) is 23.6. The number of rotatable bonds is 6. The maximum absolute atomic E-state index is 12.0. The van der Waals surface area contributed by atoms with Crippen molar-refractivity contribution in [2.75, 3.05) is 27.2 Å². The molecule has 27 heavy (non-hydrogen) atoms. The zero-order chi connectivity index (χ0) is 19.1. The van der Waals surface area contributed by atoms with E-state index in [2.05, 4.69) is 15.6 Å². The van der Waals surface area contributed by atoms with Crippen molar-refractivity contribution in [2.45, 2.75) is 6.54 Å². The summed E-state index contributed by atoms with van der Waals surface area (Å²) in [7, 11) is 5.63. The first-order valence-corrected chi connectivity index (χ1v) is 8.92. The Morgan fingerprint density at radius 3 is 2.33 bits per heavy atom. The highest BCUT2D eigenvalue weighted by molar-refractivity contribution is 14.0. The summed E-state index contributed by atoms with van der Waals surface area (Å²) in [4.78, 5) is 18.3. The van der Waals surface area contributed by atoms with E-state index in [1.807, 2.05) is 35.8 Å². The third kappa shape index (κ3) is 7.23. The minimum absolute atomic E-state index is 0. The summed E-state index contributed by atoms with van der Waals surface area (Å²) in [6.07, 6.45) is 1.87. The average molecular weight is 524 g/mol. The number of aryl methyl sites for hydroxylation is 1. The quantitative estimate of drug-likeness (QED) is 0.264. The van der Waals surface area contributed by atoms with E-state index in [0.29, 0.717) is 35.2 Å². The molecule has 2 aromatic rings. The van der Waals surface area contributed by atoms with Crippen LogP contribution in [0.5, 0.6) is 0 Å². The number of nitrogens with zero attached hydrogens (tertiary/aromatic N) is 3. The van der Waals surface area contributed by atoms with Crippen LogP contribution in [0.3, 0.4) is 0 Å². The summed E-state index contributed by atoms with van der Waals surface area (Å²) in [5, 5.41) is 7.41. The molecule has 0 aliphatic rings. The molecule has 2 rings (SSSR count). The highest BCUT2D eigenvalue weighted by Gasteiger charge is 2.10. The van der Waals surface area contributed by atoms with Gasteiger partial charge in [0.05, 0.1) is 11.6 Å². The molecule has 9 heteroatoms. The summed E-state index contributed by atoms with van der Waals surface area (Å²) in [5.74, 6) is 0.605. The lowest BCUT2D eigenvalue weighted by molar-refractivity contribution is 0.0954. The predicted molar refractivity (Wildman–Crippen MR) is 122 cm³/mol. The van der Waals surface area contributed by atoms with Crippen LogP contribution < -0.4 is 10.6 Å². The van der Waals surface area contributed by atoms with E-state index < -0.39 is 0 Å². The zero-order valence-corrected chi connectivity index (χ0v) is 19.3. The molecular formula is C18H24Cl2IN5O. The lowest BCUT2D eigenvalue weighted by atomic mass is 10.2. The van der Waals surface area contributed by atoms with Crippen molar-refractivity contribution >= 4 is 59.0 Å². The van der Waals surface area contributed by atoms with E-state index in [1.165, 1.54) is 0 Å². The normalized spacial score (nSPS) is 10.9. The molecule has 0 saturated heterocycles. The van der Waals surface area contributed by atoms with Crippen LogP contribution in [0.4, 0.5) is 0 Å². The average Bonchev–Trinajstić information content (AvgIpc) is 2.92. The smallest absolute Gasteiger partial charge is 0.251 e. The Kier molecular flexibility index (Phi) is 9.97. The number of halogens is 3. The third-order valence-corrected chi connectivity index (χ3v) is 4.31. The van der Waals surface area contributed by atoms with E-state index >= 15 is 0 Å². The fourth-order valence-electron chi connectivity index (χ4n) is 2.48. The Balaban J connectivity index is 0.00000364. The minimum Gasteiger partial charge on any atom is -0.354 e. The first-order valence-electron chi connectivity index (χ1n) is 8.17. The molecule has 0 fully saturated rings. The van der Waals surface area contributed by atoms with Gasteiger partial charge in [0.25, 0.3) is 5.91 Å². The molecule has 1 aromatic carbocycles. The van der Waals surface area contributed by atoms with Gasteiger partial charge in [0, 0.05) is 56.7 Å². The fourth-order valence-corrected chi connectivity index (χ4v) is 2.88. The molecule has 6 nitrogen and oxygen atoms in total. The predicted octanol–water partition coefficient (Wildman–Crippen LogP) is 3.39. The molecule has 148 valence electrons. The van der Waals surface area contributed by atoms with Gasteiger partial charge in [0.2, 0.25) is 0 Å². The molecule has 1 heterocycles. The Bertz CT molecular complexity index is 777. The number of amides is 1. The van der Waals surface area contributed by atoms with Crippen LogP contribution >= 0.6 is 47.2 Å². The van der Waals surface area contributed by atoms with Crippen molar-refractivity contribution in [3.8, 4) is 0 Å². The van der Waals surface area contributed by atoms with Gasteiger partial charge < -0.3 is 20.1 Å². The van der Waals surface area contributed by atoms with Gasteiger partial charge in [-0.2, -0.15) is 0 Å². The van der Waals surface area contributed by atoms with Gasteiger partial charge in [-0.05, 0) is 30.3 Å². The largest absolute Gasteiger partial charge is 0.354 e. The second kappa shape index (κ2) is 11.4. The number of benzene rings is 1. The van der Waals surface area contributed by atoms with Gasteiger partial charge in [-0.1, -0.05) is 23.2 Å². The van der Waals surface area contributed by atoms with Gasteiger partial charge in [0.15, 0.2) is 5.96 Å². The SMILES string of the molecule is CN=C(NCCNC(=O)c1ccc(Cl)cc1)N(C)Cc1cc(Cl)cn1C.I. The number of guanidine groups is 1. The second-order valence-electron chi connectivity index (χ2n) is 5.85. The number of nitrogens with one attached hydrogen (secondary N) is 2. The third-order valence-electron chi connectivity index (χ3n) is 3.85. The molecule has 2 N–H and O–H groups in total. The van der Waals surface area contributed by atoms with Crippen LogP contribution in [0.15, 0.2) is 41.5 Å². The zero-order valence-electron chi connectivity index (χ0n) is 15.5. The summed E-state index contributed by atoms with van der Waals surface area (Å²) >= 11 is 11.8. The Morgan fingerprint density at radius 1 is 1.15 bits per heavy atom. The molecule has 1 aromatic heterocycles. The van der Waals surface area contributed by atoms with Crippen molar-refractivity contribution in [1.82, 2.24) is 20.1 Å². The molecular weight excluding hydrogens is 500 g/mol. The van der Waals surface area contributed by atoms with E-state index in [-0.39, 0.29) is 29.9 Å². The number of hydrogen-bond donors (Lipinski definition) is 2. The second-order valence-corrected chi connectivity index (χ2v) is 6.73. The fraction of sp³-hybridized carbons (Fsp3) is 0.333. The van der Waals surface area contributed by atoms with Crippen molar-refractivity contribution in [1.29, 1.82) is 0 Å². The van der Waals surface area contributed by atoms with Gasteiger partial charge in [-0.25, -0.2) is 0 Å². The van der Waals surface area contributed by atoms with Crippen LogP contribution in [0.25, 0.3) is 0 Å². The molecule has 0 aliphatic carbocycles. The molecule has 0 bridgehead atoms. The van der Waals surface area contributed by atoms with Gasteiger partial charge >= 0.3 is 0 Å². The summed E-state index contributed by atoms with van der Waals surface area (Å²) in [6, 6.07) is 8.71. The number of hydrogen-bond acceptors (Lipinski definition) is 2. The number of carbonyl (C=O) groups is 1. The van der Waals surface area contributed by atoms with E-state index in [1.54, 1.807) is 31.3 Å². The highest BCUT2D eigenvalue weighted by Crippen LogP contribution is 2.14. The summed E-state index contributed by atoms with van der Waals surface area (Å²) in [5.41, 5.74) is 1.66. The van der Waals surface area contributed by atoms with Crippen molar-refractivity contribution < 1.29 is 4.79 Å². The summed E-state index contributed by atoms with van der Waals surface area (Å²) < 4.78 is 1.98. The maximum atomic E-state index is 12.0. The Morgan fingerprint density at radius 2 is 1.78 bits per heavy atom. The minimum atomic E-state index is -0.134. The Labute approximate surface area is 186 Å². The van der Waals surface area contributed by atoms with Gasteiger partial charge in [-0.3, -0.25) is 9.79 Å². The standard InChI is InChI=1S/C18H23Cl2N5O.HI/c1-21-18(25(3)12-16-10-15(20)11-24(16)2)23-9-8-22-17(26)13-4-6-14(19)7-5-13;/h4-7,10-11H,8-9,12H2,1-3H3,(H,21,23)(H,22,26);1H. The van der Waals surface area contributed by atoms with Crippen LogP contribution in [0, 0.1) is 0 Å². The van der Waals surface area contributed by atoms with Crippen LogP contribution in [-0.4, -0.2) is 48.5 Å². The number of carbonyl (C=O) groups excluding carboxylic acids is 1. The van der Waals surface area contributed by atoms with Crippen molar-refractivity contribution in [3.63, 3.8) is 0 Å². The molecule has 0 aliphatic heterocycles. The summed E-state index contributed by atoms with van der Waals surface area (Å²) in [6.45, 7) is 1.70. The monoisotopic (exact) mass is 523 g/mol.